The molecule has 0 spiro atoms. The third kappa shape index (κ3) is 3.87. The fourth-order valence-corrected chi connectivity index (χ4v) is 3.78. The van der Waals surface area contributed by atoms with Gasteiger partial charge < -0.3 is 14.5 Å². The second-order valence-corrected chi connectivity index (χ2v) is 7.19. The number of thioether (sulfide) groups is 1. The Morgan fingerprint density at radius 1 is 1.22 bits per heavy atom. The van der Waals surface area contributed by atoms with E-state index in [2.05, 4.69) is 19.9 Å². The molecule has 1 aromatic carbocycles. The summed E-state index contributed by atoms with van der Waals surface area (Å²) in [5.41, 5.74) is 1.62. The number of aryl methyl sites for hydroxylation is 2. The Morgan fingerprint density at radius 2 is 2.04 bits per heavy atom. The summed E-state index contributed by atoms with van der Waals surface area (Å²) in [6.45, 7) is 1.18. The first-order chi connectivity index (χ1) is 13.1. The van der Waals surface area contributed by atoms with Crippen molar-refractivity contribution in [3.8, 4) is 11.3 Å². The number of benzene rings is 1. The topological polar surface area (TPSA) is 102 Å². The molecule has 0 aliphatic carbocycles. The normalized spacial score (nSPS) is 12.7. The van der Waals surface area contributed by atoms with Crippen LogP contribution in [0.4, 0.5) is 5.69 Å². The van der Waals surface area contributed by atoms with Crippen LogP contribution in [0.2, 0.25) is 0 Å². The monoisotopic (exact) mass is 383 g/mol. The number of hydrogen-bond donors (Lipinski definition) is 2. The smallest absolute Gasteiger partial charge is 0.326 e. The molecule has 0 fully saturated rings. The molecule has 2 N–H and O–H groups in total. The maximum absolute atomic E-state index is 12.1. The average Bonchev–Trinajstić information content (AvgIpc) is 3.23. The van der Waals surface area contributed by atoms with E-state index in [9.17, 15) is 14.4 Å². The maximum atomic E-state index is 12.1. The minimum Gasteiger partial charge on any atom is -0.326 e. The second kappa shape index (κ2) is 7.28. The largest absolute Gasteiger partial charge is 0.328 e. The van der Waals surface area contributed by atoms with Gasteiger partial charge in [-0.15, -0.1) is 0 Å². The predicted molar refractivity (Wildman–Crippen MR) is 103 cm³/mol. The number of carbonyl (C=O) groups is 1. The van der Waals surface area contributed by atoms with Crippen LogP contribution >= 0.6 is 11.8 Å². The molecule has 1 aliphatic rings. The Balaban J connectivity index is 1.37. The van der Waals surface area contributed by atoms with Crippen molar-refractivity contribution in [1.29, 1.82) is 0 Å². The summed E-state index contributed by atoms with van der Waals surface area (Å²) in [7, 11) is 0. The highest BCUT2D eigenvalue weighted by Crippen LogP contribution is 2.29. The number of nitrogens with one attached hydrogen (secondary N) is 2. The molecule has 1 aliphatic heterocycles. The molecule has 0 unspecified atom stereocenters. The molecular formula is C18H17N5O3S. The van der Waals surface area contributed by atoms with E-state index in [0.717, 1.165) is 28.7 Å². The third-order valence-electron chi connectivity index (χ3n) is 4.24. The van der Waals surface area contributed by atoms with E-state index in [4.69, 9.17) is 0 Å². The van der Waals surface area contributed by atoms with Gasteiger partial charge in [0.2, 0.25) is 5.91 Å². The molecule has 0 atom stereocenters. The standard InChI is InChI=1S/C18H17N5O3S/c24-15(5-7-22-8-6-16(25)21-17(22)26)19-13-3-1-12(2-4-13)14-11-23-9-10-27-18(23)20-14/h1-4,6,8,11H,5,7,9-10H2,(H,19,24)(H,21,25,26). The molecule has 138 valence electrons. The van der Waals surface area contributed by atoms with E-state index in [-0.39, 0.29) is 18.9 Å². The number of anilines is 1. The van der Waals surface area contributed by atoms with Gasteiger partial charge in [0.1, 0.15) is 0 Å². The van der Waals surface area contributed by atoms with Gasteiger partial charge in [0.15, 0.2) is 5.16 Å². The number of aromatic amines is 1. The van der Waals surface area contributed by atoms with Crippen molar-refractivity contribution in [2.45, 2.75) is 24.7 Å². The number of nitrogens with zero attached hydrogens (tertiary/aromatic N) is 3. The number of fused-ring (bicyclic) bond motifs is 1. The molecule has 1 amide bonds. The fraction of sp³-hybridized carbons (Fsp3) is 0.222. The van der Waals surface area contributed by atoms with Gasteiger partial charge in [0.25, 0.3) is 5.56 Å². The van der Waals surface area contributed by atoms with Gasteiger partial charge in [-0.1, -0.05) is 23.9 Å². The van der Waals surface area contributed by atoms with Crippen molar-refractivity contribution in [3.05, 3.63) is 63.6 Å². The zero-order valence-electron chi connectivity index (χ0n) is 14.3. The highest BCUT2D eigenvalue weighted by molar-refractivity contribution is 7.99. The van der Waals surface area contributed by atoms with Crippen LogP contribution in [0.15, 0.2) is 57.5 Å². The van der Waals surface area contributed by atoms with Crippen LogP contribution in [-0.2, 0) is 17.9 Å². The Hall–Kier alpha value is -3.07. The zero-order chi connectivity index (χ0) is 18.8. The number of hydrogen-bond acceptors (Lipinski definition) is 5. The summed E-state index contributed by atoms with van der Waals surface area (Å²) < 4.78 is 3.44. The summed E-state index contributed by atoms with van der Waals surface area (Å²) >= 11 is 1.75. The Labute approximate surface area is 158 Å². The van der Waals surface area contributed by atoms with Gasteiger partial charge in [0.05, 0.1) is 5.69 Å². The zero-order valence-corrected chi connectivity index (χ0v) is 15.2. The summed E-state index contributed by atoms with van der Waals surface area (Å²) in [5, 5.41) is 3.85. The highest BCUT2D eigenvalue weighted by atomic mass is 32.2. The summed E-state index contributed by atoms with van der Waals surface area (Å²) in [4.78, 5) is 41.5. The molecular weight excluding hydrogens is 366 g/mol. The third-order valence-corrected chi connectivity index (χ3v) is 5.22. The van der Waals surface area contributed by atoms with Crippen LogP contribution in [0.5, 0.6) is 0 Å². The van der Waals surface area contributed by atoms with Crippen molar-refractivity contribution in [2.24, 2.45) is 0 Å². The lowest BCUT2D eigenvalue weighted by Gasteiger charge is -2.07. The van der Waals surface area contributed by atoms with E-state index in [1.165, 1.54) is 16.8 Å². The second-order valence-electron chi connectivity index (χ2n) is 6.13. The molecule has 27 heavy (non-hydrogen) atoms. The Morgan fingerprint density at radius 3 is 2.78 bits per heavy atom. The highest BCUT2D eigenvalue weighted by Gasteiger charge is 2.15. The lowest BCUT2D eigenvalue weighted by molar-refractivity contribution is -0.116. The van der Waals surface area contributed by atoms with Crippen molar-refractivity contribution in [2.75, 3.05) is 11.1 Å². The molecule has 3 heterocycles. The van der Waals surface area contributed by atoms with Gasteiger partial charge in [-0.25, -0.2) is 9.78 Å². The Kier molecular flexibility index (Phi) is 4.68. The molecule has 9 heteroatoms. The quantitative estimate of drug-likeness (QED) is 0.696. The summed E-state index contributed by atoms with van der Waals surface area (Å²) in [6.07, 6.45) is 3.55. The van der Waals surface area contributed by atoms with E-state index < -0.39 is 11.2 Å². The van der Waals surface area contributed by atoms with Crippen LogP contribution in [0.1, 0.15) is 6.42 Å². The van der Waals surface area contributed by atoms with Crippen LogP contribution < -0.4 is 16.6 Å². The van der Waals surface area contributed by atoms with Crippen LogP contribution in [0.25, 0.3) is 11.3 Å². The van der Waals surface area contributed by atoms with Crippen molar-refractivity contribution in [1.82, 2.24) is 19.1 Å². The van der Waals surface area contributed by atoms with Gasteiger partial charge >= 0.3 is 5.69 Å². The van der Waals surface area contributed by atoms with Gasteiger partial charge in [-0.2, -0.15) is 0 Å². The van der Waals surface area contributed by atoms with Crippen molar-refractivity contribution < 1.29 is 4.79 Å². The molecule has 0 saturated heterocycles. The van der Waals surface area contributed by atoms with Gasteiger partial charge in [-0.3, -0.25) is 14.6 Å². The lowest BCUT2D eigenvalue weighted by atomic mass is 10.1. The Bertz CT molecular complexity index is 1080. The SMILES string of the molecule is O=C(CCn1ccc(=O)[nH]c1=O)Nc1ccc(-c2cn3c(n2)SCC3)cc1. The minimum atomic E-state index is -0.523. The van der Waals surface area contributed by atoms with Crippen molar-refractivity contribution >= 4 is 23.4 Å². The minimum absolute atomic E-state index is 0.124. The first-order valence-electron chi connectivity index (χ1n) is 8.48. The number of amides is 1. The average molecular weight is 383 g/mol. The summed E-state index contributed by atoms with van der Waals surface area (Å²) in [5.74, 6) is 0.858. The van der Waals surface area contributed by atoms with E-state index in [1.807, 2.05) is 30.5 Å². The number of H-pyrrole nitrogens is 1. The molecule has 2 aromatic heterocycles. The molecule has 0 bridgehead atoms. The summed E-state index contributed by atoms with van der Waals surface area (Å²) in [6, 6.07) is 8.76. The fourth-order valence-electron chi connectivity index (χ4n) is 2.84. The first kappa shape index (κ1) is 17.3. The lowest BCUT2D eigenvalue weighted by Crippen LogP contribution is -2.29. The van der Waals surface area contributed by atoms with Crippen molar-refractivity contribution in [3.63, 3.8) is 0 Å². The number of rotatable bonds is 5. The first-order valence-corrected chi connectivity index (χ1v) is 9.47. The predicted octanol–water partition coefficient (Wildman–Crippen LogP) is 1.53. The van der Waals surface area contributed by atoms with E-state index in [1.54, 1.807) is 11.8 Å². The number of imidazole rings is 1. The van der Waals surface area contributed by atoms with Crippen LogP contribution in [-0.4, -0.2) is 30.8 Å². The van der Waals surface area contributed by atoms with E-state index in [0.29, 0.717) is 5.69 Å². The molecule has 3 aromatic rings. The number of aromatic nitrogens is 4. The van der Waals surface area contributed by atoms with Gasteiger partial charge in [-0.05, 0) is 12.1 Å². The molecule has 8 nitrogen and oxygen atoms in total. The number of carbonyl (C=O) groups excluding carboxylic acids is 1. The molecule has 0 saturated carbocycles. The molecule has 4 rings (SSSR count). The van der Waals surface area contributed by atoms with Gasteiger partial charge in [0, 0.05) is 55.0 Å². The van der Waals surface area contributed by atoms with Crippen LogP contribution in [0, 0.1) is 0 Å². The molecule has 0 radical (unpaired) electrons. The van der Waals surface area contributed by atoms with E-state index >= 15 is 0 Å². The maximum Gasteiger partial charge on any atom is 0.328 e. The van der Waals surface area contributed by atoms with Crippen LogP contribution in [0.3, 0.4) is 0 Å².